The quantitative estimate of drug-likeness (QED) is 0.0496. The standard InChI is InChI=1S/C49H92N4O16/c1-10-18-45(13-4,44-49(52,21-22-54)39(62)43(64)68-44)30-27(23-55)65-40(32(50)35(30)59)46(14-5,15-6)47(16-7,19-11-2)31-28(24-56)66-41(34(36(31)60)53-26(9)58)48(17-8,20-12-3)69-38-29(25-57)67-42(63)33(51)37(38)61/h14,27-44,54-57,59-64H,5,10-13,15-25,50-52H2,1-4,6-9H3,(H,53,58)/t27?,28?,29?,30-,31-,32?,33?,34?,35?,36?,37?,38-,39?,40-,41-,42-,43?,44+,45?,46?,47?,48?,49?/m1/s1. The van der Waals surface area contributed by atoms with E-state index in [1.54, 1.807) is 6.08 Å². The number of hydrogen-bond acceptors (Lipinski definition) is 19. The van der Waals surface area contributed by atoms with Gasteiger partial charge < -0.3 is 97.3 Å². The molecule has 4 rings (SSSR count). The van der Waals surface area contributed by atoms with E-state index in [0.717, 1.165) is 0 Å². The predicted molar refractivity (Wildman–Crippen MR) is 255 cm³/mol. The molecule has 4 aliphatic heterocycles. The molecule has 0 aromatic rings. The smallest absolute Gasteiger partial charge is 0.217 e. The molecule has 17 N–H and O–H groups in total. The molecule has 1 amide bonds. The van der Waals surface area contributed by atoms with E-state index in [2.05, 4.69) is 11.9 Å². The first-order chi connectivity index (χ1) is 32.6. The van der Waals surface area contributed by atoms with E-state index in [0.29, 0.717) is 38.5 Å². The van der Waals surface area contributed by atoms with Crippen LogP contribution in [0.5, 0.6) is 0 Å². The molecule has 4 aliphatic rings. The second kappa shape index (κ2) is 24.7. The van der Waals surface area contributed by atoms with Crippen LogP contribution in [0.15, 0.2) is 12.7 Å². The molecule has 404 valence electrons. The van der Waals surface area contributed by atoms with E-state index in [4.69, 9.17) is 40.9 Å². The van der Waals surface area contributed by atoms with Crippen molar-refractivity contribution in [3.05, 3.63) is 12.7 Å². The van der Waals surface area contributed by atoms with Crippen LogP contribution in [0.25, 0.3) is 0 Å². The lowest BCUT2D eigenvalue weighted by Gasteiger charge is -2.65. The second-order valence-corrected chi connectivity index (χ2v) is 20.6. The summed E-state index contributed by atoms with van der Waals surface area (Å²) in [4.78, 5) is 13.3. The Morgan fingerprint density at radius 1 is 0.696 bits per heavy atom. The molecule has 0 aromatic heterocycles. The average molecular weight is 993 g/mol. The van der Waals surface area contributed by atoms with Crippen molar-refractivity contribution in [3.63, 3.8) is 0 Å². The van der Waals surface area contributed by atoms with Gasteiger partial charge in [-0.15, -0.1) is 6.58 Å². The Hall–Kier alpha value is -1.51. The highest BCUT2D eigenvalue weighted by Gasteiger charge is 2.70. The molecular weight excluding hydrogens is 901 g/mol. The number of carbonyl (C=O) groups is 1. The van der Waals surface area contributed by atoms with Gasteiger partial charge in [-0.2, -0.15) is 0 Å². The van der Waals surface area contributed by atoms with Gasteiger partial charge in [0, 0.05) is 36.2 Å². The zero-order valence-electron chi connectivity index (χ0n) is 42.4. The summed E-state index contributed by atoms with van der Waals surface area (Å²) in [7, 11) is 0. The Labute approximate surface area is 409 Å². The maximum Gasteiger partial charge on any atom is 0.217 e. The van der Waals surface area contributed by atoms with Crippen molar-refractivity contribution in [2.75, 3.05) is 26.4 Å². The summed E-state index contributed by atoms with van der Waals surface area (Å²) in [5, 5.41) is 117. The van der Waals surface area contributed by atoms with Gasteiger partial charge in [0.1, 0.15) is 30.5 Å². The summed E-state index contributed by atoms with van der Waals surface area (Å²) in [6.07, 6.45) is -12.4. The van der Waals surface area contributed by atoms with Gasteiger partial charge >= 0.3 is 0 Å². The van der Waals surface area contributed by atoms with Crippen LogP contribution in [-0.4, -0.2) is 192 Å². The Balaban J connectivity index is 1.94. The van der Waals surface area contributed by atoms with Gasteiger partial charge in [0.05, 0.1) is 85.7 Å². The van der Waals surface area contributed by atoms with E-state index >= 15 is 0 Å². The van der Waals surface area contributed by atoms with Crippen LogP contribution >= 0.6 is 0 Å². The third-order valence-corrected chi connectivity index (χ3v) is 17.5. The Morgan fingerprint density at radius 3 is 1.75 bits per heavy atom. The van der Waals surface area contributed by atoms with Gasteiger partial charge in [0.2, 0.25) is 5.91 Å². The van der Waals surface area contributed by atoms with Crippen LogP contribution in [0, 0.1) is 28.1 Å². The number of amides is 1. The van der Waals surface area contributed by atoms with Crippen molar-refractivity contribution in [2.45, 2.75) is 235 Å². The summed E-state index contributed by atoms with van der Waals surface area (Å²) >= 11 is 0. The van der Waals surface area contributed by atoms with E-state index in [1.165, 1.54) is 6.92 Å². The fourth-order valence-electron chi connectivity index (χ4n) is 14.3. The Kier molecular flexibility index (Phi) is 21.5. The van der Waals surface area contributed by atoms with Crippen LogP contribution in [0.2, 0.25) is 0 Å². The summed E-state index contributed by atoms with van der Waals surface area (Å²) in [6.45, 7) is 16.7. The number of nitrogens with one attached hydrogen (secondary N) is 1. The minimum atomic E-state index is -1.70. The molecule has 0 bridgehead atoms. The zero-order chi connectivity index (χ0) is 52.0. The molecule has 69 heavy (non-hydrogen) atoms. The molecular formula is C49H92N4O16. The summed E-state index contributed by atoms with van der Waals surface area (Å²) in [6, 6.07) is -3.73. The lowest BCUT2D eigenvalue weighted by atomic mass is 9.46. The highest BCUT2D eigenvalue weighted by Crippen LogP contribution is 2.63. The fourth-order valence-corrected chi connectivity index (χ4v) is 14.3. The first kappa shape index (κ1) is 60.0. The van der Waals surface area contributed by atoms with Crippen molar-refractivity contribution in [3.8, 4) is 0 Å². The van der Waals surface area contributed by atoms with Crippen LogP contribution < -0.4 is 22.5 Å². The third kappa shape index (κ3) is 10.3. The number of aliphatic hydroxyl groups excluding tert-OH is 10. The number of nitrogens with two attached hydrogens (primary N) is 3. The number of hydrogen-bond donors (Lipinski definition) is 14. The lowest BCUT2D eigenvalue weighted by molar-refractivity contribution is -0.317. The van der Waals surface area contributed by atoms with Crippen molar-refractivity contribution in [2.24, 2.45) is 45.3 Å². The zero-order valence-corrected chi connectivity index (χ0v) is 42.4. The van der Waals surface area contributed by atoms with Gasteiger partial charge in [-0.3, -0.25) is 4.79 Å². The molecule has 0 saturated carbocycles. The second-order valence-electron chi connectivity index (χ2n) is 20.6. The summed E-state index contributed by atoms with van der Waals surface area (Å²) in [5.74, 6) is -2.50. The van der Waals surface area contributed by atoms with Gasteiger partial charge in [-0.25, -0.2) is 0 Å². The van der Waals surface area contributed by atoms with Crippen LogP contribution in [0.4, 0.5) is 0 Å². The van der Waals surface area contributed by atoms with E-state index in [1.807, 2.05) is 48.5 Å². The molecule has 4 heterocycles. The highest BCUT2D eigenvalue weighted by atomic mass is 16.7. The normalized spacial score (nSPS) is 42.2. The minimum absolute atomic E-state index is 0.143. The van der Waals surface area contributed by atoms with Gasteiger partial charge in [0.25, 0.3) is 0 Å². The lowest BCUT2D eigenvalue weighted by Crippen LogP contribution is -2.75. The van der Waals surface area contributed by atoms with Gasteiger partial charge in [0.15, 0.2) is 12.6 Å². The van der Waals surface area contributed by atoms with Crippen molar-refractivity contribution < 1.29 is 79.5 Å². The molecule has 0 radical (unpaired) electrons. The highest BCUT2D eigenvalue weighted by molar-refractivity contribution is 5.73. The number of rotatable bonds is 25. The molecule has 0 spiro atoms. The van der Waals surface area contributed by atoms with Gasteiger partial charge in [-0.1, -0.05) is 73.8 Å². The summed E-state index contributed by atoms with van der Waals surface area (Å²) in [5.41, 5.74) is 13.7. The first-order valence-corrected chi connectivity index (χ1v) is 25.6. The monoisotopic (exact) mass is 993 g/mol. The first-order valence-electron chi connectivity index (χ1n) is 25.6. The van der Waals surface area contributed by atoms with Crippen LogP contribution in [-0.2, 0) is 28.5 Å². The molecule has 20 heteroatoms. The topological polar surface area (TPSA) is 356 Å². The van der Waals surface area contributed by atoms with E-state index < -0.39 is 169 Å². The van der Waals surface area contributed by atoms with Crippen molar-refractivity contribution in [1.29, 1.82) is 0 Å². The fraction of sp³-hybridized carbons (Fsp3) is 0.939. The maximum atomic E-state index is 13.3. The predicted octanol–water partition coefficient (Wildman–Crippen LogP) is -0.843. The molecule has 23 atom stereocenters. The molecule has 4 saturated heterocycles. The molecule has 0 aromatic carbocycles. The molecule has 4 fully saturated rings. The largest absolute Gasteiger partial charge is 0.396 e. The molecule has 20 nitrogen and oxygen atoms in total. The maximum absolute atomic E-state index is 13.3. The van der Waals surface area contributed by atoms with Crippen LogP contribution in [0.1, 0.15) is 126 Å². The number of carbonyl (C=O) groups excluding carboxylic acids is 1. The van der Waals surface area contributed by atoms with E-state index in [-0.39, 0.29) is 32.1 Å². The van der Waals surface area contributed by atoms with Crippen molar-refractivity contribution in [1.82, 2.24) is 5.32 Å². The molecule has 0 aliphatic carbocycles. The number of aliphatic hydroxyl groups is 10. The Bertz CT molecular complexity index is 1620. The van der Waals surface area contributed by atoms with Crippen molar-refractivity contribution >= 4 is 5.91 Å². The van der Waals surface area contributed by atoms with E-state index in [9.17, 15) is 55.9 Å². The Morgan fingerprint density at radius 2 is 1.28 bits per heavy atom. The average Bonchev–Trinajstić information content (AvgIpc) is 3.56. The third-order valence-electron chi connectivity index (χ3n) is 17.5. The van der Waals surface area contributed by atoms with Gasteiger partial charge in [-0.05, 0) is 56.8 Å². The summed E-state index contributed by atoms with van der Waals surface area (Å²) < 4.78 is 32.7. The number of ether oxygens (including phenoxy) is 5. The molecule has 16 unspecified atom stereocenters. The van der Waals surface area contributed by atoms with Crippen LogP contribution in [0.3, 0.4) is 0 Å². The SMILES string of the molecule is C=CC(CC)([C@@H]1OC(CO)[C@@H](C(CC)(CCC)[C@@H]2OC(O)C(O)C2(N)CCO)C(O)C1N)C(CC)(CCC)[C@@H]1C(CO)O[C@@H](C(CC)(CCC)O[C@@H]2C(CO)O[C@@H](O)C(N)C2O)C(NC(C)=O)C1O. The minimum Gasteiger partial charge on any atom is -0.396 e.